The van der Waals surface area contributed by atoms with Gasteiger partial charge in [0.1, 0.15) is 0 Å². The Balaban J connectivity index is 1.82. The molecule has 1 aliphatic carbocycles. The average Bonchev–Trinajstić information content (AvgIpc) is 2.16. The lowest BCUT2D eigenvalue weighted by molar-refractivity contribution is 0.117. The molecule has 2 rings (SSSR count). The van der Waals surface area contributed by atoms with Crippen molar-refractivity contribution in [1.82, 2.24) is 4.98 Å². The molecule has 1 atom stereocenters. The normalized spacial score (nSPS) is 18.5. The summed E-state index contributed by atoms with van der Waals surface area (Å²) >= 11 is 0. The predicted octanol–water partition coefficient (Wildman–Crippen LogP) is 2.48. The lowest BCUT2D eigenvalue weighted by Gasteiger charge is -2.27. The van der Waals surface area contributed by atoms with Crippen molar-refractivity contribution in [3.8, 4) is 0 Å². The van der Waals surface area contributed by atoms with Gasteiger partial charge in [0, 0.05) is 18.3 Å². The zero-order valence-electron chi connectivity index (χ0n) is 9.32. The second kappa shape index (κ2) is 4.75. The molecule has 15 heavy (non-hydrogen) atoms. The van der Waals surface area contributed by atoms with Gasteiger partial charge in [0.15, 0.2) is 0 Å². The van der Waals surface area contributed by atoms with Gasteiger partial charge in [-0.3, -0.25) is 4.98 Å². The van der Waals surface area contributed by atoms with Crippen molar-refractivity contribution in [1.29, 1.82) is 0 Å². The van der Waals surface area contributed by atoms with E-state index in [-0.39, 0.29) is 6.10 Å². The molecule has 1 aliphatic rings. The van der Waals surface area contributed by atoms with Crippen LogP contribution in [-0.4, -0.2) is 16.2 Å². The summed E-state index contributed by atoms with van der Waals surface area (Å²) in [6, 6.07) is 4.07. The summed E-state index contributed by atoms with van der Waals surface area (Å²) in [6.07, 6.45) is 7.28. The van der Waals surface area contributed by atoms with Crippen molar-refractivity contribution < 1.29 is 5.11 Å². The maximum absolute atomic E-state index is 9.87. The molecule has 0 amide bonds. The van der Waals surface area contributed by atoms with E-state index in [4.69, 9.17) is 0 Å². The number of nitrogens with zero attached hydrogens (tertiary/aromatic N) is 1. The molecule has 0 bridgehead atoms. The molecular weight excluding hydrogens is 186 g/mol. The highest BCUT2D eigenvalue weighted by Crippen LogP contribution is 2.30. The zero-order chi connectivity index (χ0) is 10.7. The molecule has 0 aromatic carbocycles. The van der Waals surface area contributed by atoms with Crippen LogP contribution in [-0.2, 0) is 6.42 Å². The van der Waals surface area contributed by atoms with Gasteiger partial charge in [-0.15, -0.1) is 0 Å². The van der Waals surface area contributed by atoms with Crippen LogP contribution in [0.5, 0.6) is 0 Å². The molecule has 0 saturated heterocycles. The van der Waals surface area contributed by atoms with Crippen molar-refractivity contribution in [2.45, 2.75) is 45.1 Å². The first-order valence-electron chi connectivity index (χ1n) is 5.83. The number of aliphatic hydroxyl groups is 1. The minimum atomic E-state index is -0.203. The lowest BCUT2D eigenvalue weighted by atomic mass is 9.81. The maximum atomic E-state index is 9.87. The van der Waals surface area contributed by atoms with Crippen LogP contribution in [0.4, 0.5) is 0 Å². The van der Waals surface area contributed by atoms with E-state index in [0.29, 0.717) is 6.42 Å². The molecule has 1 heterocycles. The summed E-state index contributed by atoms with van der Waals surface area (Å²) in [6.45, 7) is 2.03. The summed E-state index contributed by atoms with van der Waals surface area (Å²) in [7, 11) is 0. The standard InChI is InChI=1S/C13H19NO/c1-10-5-6-12(14-9-10)8-13(15)7-11-3-2-4-11/h5-6,9,11,13,15H,2-4,7-8H2,1H3. The number of aromatic nitrogens is 1. The van der Waals surface area contributed by atoms with Crippen LogP contribution in [0.15, 0.2) is 18.3 Å². The second-order valence-electron chi connectivity index (χ2n) is 4.72. The largest absolute Gasteiger partial charge is 0.393 e. The minimum absolute atomic E-state index is 0.203. The summed E-state index contributed by atoms with van der Waals surface area (Å²) in [5.41, 5.74) is 2.18. The van der Waals surface area contributed by atoms with Gasteiger partial charge in [-0.1, -0.05) is 25.3 Å². The second-order valence-corrected chi connectivity index (χ2v) is 4.72. The van der Waals surface area contributed by atoms with Crippen LogP contribution < -0.4 is 0 Å². The molecule has 1 unspecified atom stereocenters. The maximum Gasteiger partial charge on any atom is 0.0598 e. The van der Waals surface area contributed by atoms with E-state index in [1.165, 1.54) is 24.8 Å². The van der Waals surface area contributed by atoms with Gasteiger partial charge in [-0.05, 0) is 30.9 Å². The highest BCUT2D eigenvalue weighted by Gasteiger charge is 2.21. The van der Waals surface area contributed by atoms with Gasteiger partial charge in [0.2, 0.25) is 0 Å². The fourth-order valence-corrected chi connectivity index (χ4v) is 2.06. The lowest BCUT2D eigenvalue weighted by Crippen LogP contribution is -2.21. The Morgan fingerprint density at radius 1 is 1.47 bits per heavy atom. The Labute approximate surface area is 91.4 Å². The molecule has 1 saturated carbocycles. The number of aliphatic hydroxyl groups excluding tert-OH is 1. The third kappa shape index (κ3) is 3.03. The third-order valence-corrected chi connectivity index (χ3v) is 3.25. The average molecular weight is 205 g/mol. The third-order valence-electron chi connectivity index (χ3n) is 3.25. The van der Waals surface area contributed by atoms with Gasteiger partial charge in [0.25, 0.3) is 0 Å². The number of pyridine rings is 1. The van der Waals surface area contributed by atoms with Crippen molar-refractivity contribution in [3.63, 3.8) is 0 Å². The first kappa shape index (κ1) is 10.6. The summed E-state index contributed by atoms with van der Waals surface area (Å²) < 4.78 is 0. The molecule has 1 aromatic heterocycles. The summed E-state index contributed by atoms with van der Waals surface area (Å²) in [5.74, 6) is 0.769. The molecule has 2 nitrogen and oxygen atoms in total. The number of hydrogen-bond acceptors (Lipinski definition) is 2. The molecule has 82 valence electrons. The quantitative estimate of drug-likeness (QED) is 0.819. The van der Waals surface area contributed by atoms with Crippen LogP contribution in [0.25, 0.3) is 0 Å². The molecule has 2 heteroatoms. The Hall–Kier alpha value is -0.890. The van der Waals surface area contributed by atoms with Crippen LogP contribution in [0, 0.1) is 12.8 Å². The van der Waals surface area contributed by atoms with Crippen LogP contribution in [0.3, 0.4) is 0 Å². The Bertz CT molecular complexity index is 303. The van der Waals surface area contributed by atoms with Crippen molar-refractivity contribution in [2.24, 2.45) is 5.92 Å². The van der Waals surface area contributed by atoms with Crippen molar-refractivity contribution in [2.75, 3.05) is 0 Å². The fraction of sp³-hybridized carbons (Fsp3) is 0.615. The smallest absolute Gasteiger partial charge is 0.0598 e. The van der Waals surface area contributed by atoms with Crippen molar-refractivity contribution in [3.05, 3.63) is 29.6 Å². The Morgan fingerprint density at radius 3 is 2.80 bits per heavy atom. The van der Waals surface area contributed by atoms with Gasteiger partial charge < -0.3 is 5.11 Å². The molecule has 1 N–H and O–H groups in total. The van der Waals surface area contributed by atoms with E-state index in [2.05, 4.69) is 11.1 Å². The highest BCUT2D eigenvalue weighted by molar-refractivity contribution is 5.12. The number of hydrogen-bond donors (Lipinski definition) is 1. The van der Waals surface area contributed by atoms with E-state index in [0.717, 1.165) is 18.0 Å². The molecule has 0 spiro atoms. The molecule has 0 radical (unpaired) electrons. The molecular formula is C13H19NO. The van der Waals surface area contributed by atoms with E-state index >= 15 is 0 Å². The van der Waals surface area contributed by atoms with Crippen molar-refractivity contribution >= 4 is 0 Å². The zero-order valence-corrected chi connectivity index (χ0v) is 9.32. The van der Waals surface area contributed by atoms with E-state index in [1.54, 1.807) is 0 Å². The Kier molecular flexibility index (Phi) is 3.37. The Morgan fingerprint density at radius 2 is 2.27 bits per heavy atom. The molecule has 1 aromatic rings. The van der Waals surface area contributed by atoms with E-state index < -0.39 is 0 Å². The first-order valence-corrected chi connectivity index (χ1v) is 5.83. The predicted molar refractivity (Wildman–Crippen MR) is 60.6 cm³/mol. The van der Waals surface area contributed by atoms with Gasteiger partial charge in [-0.2, -0.15) is 0 Å². The first-order chi connectivity index (χ1) is 7.24. The minimum Gasteiger partial charge on any atom is -0.393 e. The fourth-order valence-electron chi connectivity index (χ4n) is 2.06. The van der Waals surface area contributed by atoms with E-state index in [1.807, 2.05) is 19.2 Å². The topological polar surface area (TPSA) is 33.1 Å². The molecule has 1 fully saturated rings. The van der Waals surface area contributed by atoms with Crippen LogP contribution in [0.2, 0.25) is 0 Å². The summed E-state index contributed by atoms with van der Waals surface area (Å²) in [5, 5.41) is 9.87. The van der Waals surface area contributed by atoms with Crippen LogP contribution >= 0.6 is 0 Å². The monoisotopic (exact) mass is 205 g/mol. The number of rotatable bonds is 4. The summed E-state index contributed by atoms with van der Waals surface area (Å²) in [4.78, 5) is 4.31. The van der Waals surface area contributed by atoms with E-state index in [9.17, 15) is 5.11 Å². The van der Waals surface area contributed by atoms with Gasteiger partial charge in [0.05, 0.1) is 6.10 Å². The number of aryl methyl sites for hydroxylation is 1. The van der Waals surface area contributed by atoms with Gasteiger partial charge in [-0.25, -0.2) is 0 Å². The van der Waals surface area contributed by atoms with Crippen LogP contribution in [0.1, 0.15) is 36.9 Å². The highest BCUT2D eigenvalue weighted by atomic mass is 16.3. The SMILES string of the molecule is Cc1ccc(CC(O)CC2CCC2)nc1. The molecule has 0 aliphatic heterocycles. The van der Waals surface area contributed by atoms with Gasteiger partial charge >= 0.3 is 0 Å².